The quantitative estimate of drug-likeness (QED) is 0.202. The van der Waals surface area contributed by atoms with Gasteiger partial charge < -0.3 is 41.9 Å². The summed E-state index contributed by atoms with van der Waals surface area (Å²) in [6, 6.07) is -1.51. The molecule has 1 fully saturated rings. The molecule has 140 valence electrons. The number of hydrogen-bond donors (Lipinski definition) is 9. The first-order valence-electron chi connectivity index (χ1n) is 6.07. The first-order chi connectivity index (χ1) is 11.3. The molecule has 15 heteroatoms. The molecule has 0 radical (unpaired) electrons. The number of rotatable bonds is 6. The highest BCUT2D eigenvalue weighted by Crippen LogP contribution is 2.16. The lowest BCUT2D eigenvalue weighted by Crippen LogP contribution is -2.54. The molecule has 1 saturated heterocycles. The van der Waals surface area contributed by atoms with Crippen molar-refractivity contribution in [1.29, 1.82) is 0 Å². The van der Waals surface area contributed by atoms with E-state index in [1.165, 1.54) is 0 Å². The van der Waals surface area contributed by atoms with Gasteiger partial charge in [-0.25, -0.2) is 19.2 Å². The SMILES string of the molecule is NC(=O)NC1NC(=O)NC1=O.O=C(O)CC(O)(C(=O)O)C(O)C(=O)O. The molecule has 25 heavy (non-hydrogen) atoms. The van der Waals surface area contributed by atoms with Crippen LogP contribution in [0.5, 0.6) is 0 Å². The van der Waals surface area contributed by atoms with E-state index in [1.54, 1.807) is 0 Å². The standard InChI is InChI=1S/C6H8O8.C4H6N4O3/c7-2(8)1-6(14,5(12)13)3(9)4(10)11;5-3(10)6-1-2(9)8-4(11)7-1/h3,9,14H,1H2,(H,7,8)(H,10,11)(H,12,13);1H,(H3,5,6,10)(H2,7,8,9,11). The largest absolute Gasteiger partial charge is 0.481 e. The summed E-state index contributed by atoms with van der Waals surface area (Å²) in [5, 5.41) is 48.7. The Hall–Kier alpha value is -3.46. The van der Waals surface area contributed by atoms with Gasteiger partial charge in [-0.05, 0) is 0 Å². The Morgan fingerprint density at radius 2 is 1.72 bits per heavy atom. The Morgan fingerprint density at radius 1 is 1.20 bits per heavy atom. The van der Waals surface area contributed by atoms with Crippen LogP contribution in [0.1, 0.15) is 6.42 Å². The lowest BCUT2D eigenvalue weighted by atomic mass is 9.93. The summed E-state index contributed by atoms with van der Waals surface area (Å²) < 4.78 is 0. The number of carboxylic acid groups (broad SMARTS) is 3. The van der Waals surface area contributed by atoms with Crippen molar-refractivity contribution < 1.29 is 54.3 Å². The van der Waals surface area contributed by atoms with Gasteiger partial charge in [0.15, 0.2) is 12.3 Å². The lowest BCUT2D eigenvalue weighted by Gasteiger charge is -2.23. The van der Waals surface area contributed by atoms with E-state index in [4.69, 9.17) is 31.3 Å². The van der Waals surface area contributed by atoms with E-state index < -0.39 is 60.2 Å². The average Bonchev–Trinajstić information content (AvgIpc) is 2.74. The molecule has 1 rings (SSSR count). The highest BCUT2D eigenvalue weighted by molar-refractivity contribution is 6.05. The van der Waals surface area contributed by atoms with E-state index in [0.29, 0.717) is 0 Å². The second kappa shape index (κ2) is 8.41. The minimum absolute atomic E-state index is 0.617. The van der Waals surface area contributed by atoms with Crippen molar-refractivity contribution in [2.45, 2.75) is 24.3 Å². The first kappa shape index (κ1) is 21.5. The van der Waals surface area contributed by atoms with Crippen molar-refractivity contribution in [3.8, 4) is 0 Å². The number of urea groups is 2. The molecular formula is C10H14N4O11. The van der Waals surface area contributed by atoms with Crippen LogP contribution in [0, 0.1) is 0 Å². The normalized spacial score (nSPS) is 19.2. The minimum Gasteiger partial charge on any atom is -0.481 e. The summed E-state index contributed by atoms with van der Waals surface area (Å²) in [6.45, 7) is 0. The van der Waals surface area contributed by atoms with E-state index in [1.807, 2.05) is 10.6 Å². The molecule has 1 aliphatic heterocycles. The first-order valence-corrected chi connectivity index (χ1v) is 6.07. The van der Waals surface area contributed by atoms with Crippen LogP contribution in [0.2, 0.25) is 0 Å². The van der Waals surface area contributed by atoms with Crippen LogP contribution >= 0.6 is 0 Å². The fourth-order valence-electron chi connectivity index (χ4n) is 1.38. The van der Waals surface area contributed by atoms with Crippen LogP contribution in [0.3, 0.4) is 0 Å². The maximum absolute atomic E-state index is 10.7. The van der Waals surface area contributed by atoms with Crippen molar-refractivity contribution >= 4 is 35.9 Å². The topological polar surface area (TPSA) is 266 Å². The number of imide groups is 1. The third kappa shape index (κ3) is 6.28. The van der Waals surface area contributed by atoms with Crippen molar-refractivity contribution in [3.05, 3.63) is 0 Å². The predicted molar refractivity (Wildman–Crippen MR) is 71.7 cm³/mol. The fourth-order valence-corrected chi connectivity index (χ4v) is 1.38. The summed E-state index contributed by atoms with van der Waals surface area (Å²) in [5.41, 5.74) is 1.47. The third-order valence-electron chi connectivity index (χ3n) is 2.54. The molecular weight excluding hydrogens is 352 g/mol. The number of primary amides is 1. The number of nitrogens with two attached hydrogens (primary N) is 1. The molecule has 1 heterocycles. The fraction of sp³-hybridized carbons (Fsp3) is 0.400. The molecule has 0 bridgehead atoms. The Balaban J connectivity index is 0.000000472. The second-order valence-corrected chi connectivity index (χ2v) is 4.45. The summed E-state index contributed by atoms with van der Waals surface area (Å²) in [4.78, 5) is 61.9. The number of nitrogens with one attached hydrogen (secondary N) is 3. The van der Waals surface area contributed by atoms with Gasteiger partial charge in [0.05, 0.1) is 6.42 Å². The number of aliphatic carboxylic acids is 3. The highest BCUT2D eigenvalue weighted by atomic mass is 16.4. The van der Waals surface area contributed by atoms with Crippen molar-refractivity contribution in [2.75, 3.05) is 0 Å². The maximum Gasteiger partial charge on any atom is 0.339 e. The number of aliphatic hydroxyl groups excluding tert-OH is 1. The zero-order valence-electron chi connectivity index (χ0n) is 12.1. The van der Waals surface area contributed by atoms with E-state index in [2.05, 4.69) is 5.32 Å². The van der Waals surface area contributed by atoms with E-state index in [-0.39, 0.29) is 0 Å². The van der Waals surface area contributed by atoms with Crippen LogP contribution in [0.25, 0.3) is 0 Å². The molecule has 0 spiro atoms. The van der Waals surface area contributed by atoms with Crippen molar-refractivity contribution in [2.24, 2.45) is 5.73 Å². The van der Waals surface area contributed by atoms with Gasteiger partial charge >= 0.3 is 30.0 Å². The van der Waals surface area contributed by atoms with Gasteiger partial charge in [-0.1, -0.05) is 0 Å². The van der Waals surface area contributed by atoms with Crippen LogP contribution in [-0.4, -0.2) is 79.3 Å². The van der Waals surface area contributed by atoms with E-state index >= 15 is 0 Å². The minimum atomic E-state index is -3.22. The number of aliphatic hydroxyl groups is 2. The second-order valence-electron chi connectivity index (χ2n) is 4.45. The smallest absolute Gasteiger partial charge is 0.339 e. The number of carbonyl (C=O) groups is 6. The van der Waals surface area contributed by atoms with Gasteiger partial charge in [0.25, 0.3) is 5.91 Å². The average molecular weight is 366 g/mol. The van der Waals surface area contributed by atoms with Gasteiger partial charge in [0.1, 0.15) is 0 Å². The molecule has 0 saturated carbocycles. The maximum atomic E-state index is 10.7. The molecule has 0 aliphatic carbocycles. The Bertz CT molecular complexity index is 606. The summed E-state index contributed by atoms with van der Waals surface area (Å²) >= 11 is 0. The highest BCUT2D eigenvalue weighted by Gasteiger charge is 2.49. The summed E-state index contributed by atoms with van der Waals surface area (Å²) in [6.07, 6.45) is -5.15. The summed E-state index contributed by atoms with van der Waals surface area (Å²) in [5.74, 6) is -6.49. The molecule has 1 aliphatic rings. The Labute approximate surface area is 137 Å². The molecule has 15 nitrogen and oxygen atoms in total. The van der Waals surface area contributed by atoms with Crippen molar-refractivity contribution in [1.82, 2.24) is 16.0 Å². The van der Waals surface area contributed by atoms with Crippen molar-refractivity contribution in [3.63, 3.8) is 0 Å². The van der Waals surface area contributed by atoms with Gasteiger partial charge in [0.2, 0.25) is 5.60 Å². The number of hydrogen-bond acceptors (Lipinski definition) is 8. The number of carbonyl (C=O) groups excluding carboxylic acids is 3. The van der Waals surface area contributed by atoms with Crippen LogP contribution in [-0.2, 0) is 19.2 Å². The van der Waals surface area contributed by atoms with Crippen LogP contribution < -0.4 is 21.7 Å². The third-order valence-corrected chi connectivity index (χ3v) is 2.54. The molecule has 0 aromatic carbocycles. The van der Waals surface area contributed by atoms with Gasteiger partial charge in [-0.3, -0.25) is 14.9 Å². The van der Waals surface area contributed by atoms with Crippen LogP contribution in [0.15, 0.2) is 0 Å². The van der Waals surface area contributed by atoms with Crippen LogP contribution in [0.4, 0.5) is 9.59 Å². The zero-order valence-corrected chi connectivity index (χ0v) is 12.1. The monoisotopic (exact) mass is 366 g/mol. The Kier molecular flexibility index (Phi) is 7.24. The molecule has 3 atom stereocenters. The summed E-state index contributed by atoms with van der Waals surface area (Å²) in [7, 11) is 0. The molecule has 0 aromatic heterocycles. The molecule has 3 unspecified atom stereocenters. The Morgan fingerprint density at radius 3 is 2.00 bits per heavy atom. The number of amides is 5. The van der Waals surface area contributed by atoms with Gasteiger partial charge in [-0.2, -0.15) is 0 Å². The molecule has 10 N–H and O–H groups in total. The zero-order chi connectivity index (χ0) is 19.9. The molecule has 0 aromatic rings. The predicted octanol–water partition coefficient (Wildman–Crippen LogP) is -4.46. The van der Waals surface area contributed by atoms with Gasteiger partial charge in [0, 0.05) is 0 Å². The van der Waals surface area contributed by atoms with Gasteiger partial charge in [-0.15, -0.1) is 0 Å². The number of carboxylic acids is 3. The van der Waals surface area contributed by atoms with E-state index in [9.17, 15) is 28.8 Å². The van der Waals surface area contributed by atoms with E-state index in [0.717, 1.165) is 0 Å². The lowest BCUT2D eigenvalue weighted by molar-refractivity contribution is -0.187. The molecule has 5 amide bonds.